The largest absolute Gasteiger partial charge is 0.390 e. The molecule has 0 aliphatic carbocycles. The van der Waals surface area contributed by atoms with Gasteiger partial charge in [-0.25, -0.2) is 0 Å². The monoisotopic (exact) mass is 260 g/mol. The van der Waals surface area contributed by atoms with Crippen molar-refractivity contribution in [1.29, 1.82) is 0 Å². The zero-order chi connectivity index (χ0) is 12.9. The van der Waals surface area contributed by atoms with Crippen LogP contribution in [-0.2, 0) is 0 Å². The van der Waals surface area contributed by atoms with Crippen molar-refractivity contribution in [3.8, 4) is 0 Å². The highest BCUT2D eigenvalue weighted by Gasteiger charge is 2.27. The number of aliphatic hydroxyl groups excluding tert-OH is 1. The van der Waals surface area contributed by atoms with Crippen molar-refractivity contribution >= 4 is 11.8 Å². The molecule has 1 aliphatic heterocycles. The van der Waals surface area contributed by atoms with Gasteiger partial charge in [0.1, 0.15) is 0 Å². The topological polar surface area (TPSA) is 35.5 Å². The van der Waals surface area contributed by atoms with E-state index in [1.165, 1.54) is 5.75 Å². The number of nitrogens with zero attached hydrogens (tertiary/aromatic N) is 1. The van der Waals surface area contributed by atoms with Gasteiger partial charge in [-0.1, -0.05) is 13.8 Å². The summed E-state index contributed by atoms with van der Waals surface area (Å²) in [4.78, 5) is 2.39. The van der Waals surface area contributed by atoms with Crippen molar-refractivity contribution in [2.24, 2.45) is 5.92 Å². The molecule has 0 aromatic heterocycles. The first kappa shape index (κ1) is 15.3. The quantitative estimate of drug-likeness (QED) is 0.757. The Morgan fingerprint density at radius 1 is 1.35 bits per heavy atom. The smallest absolute Gasteiger partial charge is 0.0791 e. The highest BCUT2D eigenvalue weighted by atomic mass is 32.2. The van der Waals surface area contributed by atoms with Gasteiger partial charge in [-0.15, -0.1) is 0 Å². The summed E-state index contributed by atoms with van der Waals surface area (Å²) in [7, 11) is 0. The third kappa shape index (κ3) is 6.65. The Balaban J connectivity index is 2.19. The number of hydrogen-bond acceptors (Lipinski definition) is 4. The number of rotatable bonds is 6. The molecule has 0 amide bonds. The summed E-state index contributed by atoms with van der Waals surface area (Å²) in [5.41, 5.74) is 0. The van der Waals surface area contributed by atoms with Crippen LogP contribution in [0.4, 0.5) is 0 Å². The second kappa shape index (κ2) is 6.98. The van der Waals surface area contributed by atoms with Crippen LogP contribution in [0.15, 0.2) is 0 Å². The Hall–Kier alpha value is 0.230. The predicted molar refractivity (Wildman–Crippen MR) is 76.7 cm³/mol. The molecule has 102 valence electrons. The van der Waals surface area contributed by atoms with E-state index in [-0.39, 0.29) is 6.10 Å². The molecule has 0 saturated carbocycles. The number of aliphatic hydroxyl groups is 1. The van der Waals surface area contributed by atoms with E-state index in [0.29, 0.717) is 17.2 Å². The molecular formula is C13H28N2OS. The Bertz CT molecular complexity index is 221. The number of nitrogens with one attached hydrogen (secondary N) is 1. The predicted octanol–water partition coefficient (Wildman–Crippen LogP) is 1.42. The van der Waals surface area contributed by atoms with Crippen LogP contribution in [-0.4, -0.2) is 59.3 Å². The maximum atomic E-state index is 9.97. The van der Waals surface area contributed by atoms with E-state index in [0.717, 1.165) is 26.2 Å². The zero-order valence-electron chi connectivity index (χ0n) is 11.7. The van der Waals surface area contributed by atoms with E-state index >= 15 is 0 Å². The molecule has 1 saturated heterocycles. The van der Waals surface area contributed by atoms with Crippen LogP contribution in [0.1, 0.15) is 27.7 Å². The molecule has 0 aromatic rings. The van der Waals surface area contributed by atoms with E-state index in [1.807, 2.05) is 11.8 Å². The fourth-order valence-corrected chi connectivity index (χ4v) is 3.35. The summed E-state index contributed by atoms with van der Waals surface area (Å²) in [5, 5.41) is 13.3. The molecule has 2 N–H and O–H groups in total. The molecule has 1 unspecified atom stereocenters. The minimum Gasteiger partial charge on any atom is -0.390 e. The molecule has 0 bridgehead atoms. The third-order valence-electron chi connectivity index (χ3n) is 2.91. The van der Waals surface area contributed by atoms with Crippen LogP contribution in [0.2, 0.25) is 0 Å². The highest BCUT2D eigenvalue weighted by Crippen LogP contribution is 2.29. The highest BCUT2D eigenvalue weighted by molar-refractivity contribution is 8.00. The Labute approximate surface area is 110 Å². The van der Waals surface area contributed by atoms with Gasteiger partial charge >= 0.3 is 0 Å². The lowest BCUT2D eigenvalue weighted by atomic mass is 10.1. The summed E-state index contributed by atoms with van der Waals surface area (Å²) in [6, 6.07) is 0. The van der Waals surface area contributed by atoms with Crippen molar-refractivity contribution in [2.75, 3.05) is 38.5 Å². The van der Waals surface area contributed by atoms with Gasteiger partial charge in [0.2, 0.25) is 0 Å². The summed E-state index contributed by atoms with van der Waals surface area (Å²) in [5.74, 6) is 1.83. The first-order valence-electron chi connectivity index (χ1n) is 6.64. The third-order valence-corrected chi connectivity index (χ3v) is 4.20. The molecule has 1 aliphatic rings. The molecule has 0 radical (unpaired) electrons. The summed E-state index contributed by atoms with van der Waals surface area (Å²) < 4.78 is 0.337. The zero-order valence-corrected chi connectivity index (χ0v) is 12.5. The number of thioether (sulfide) groups is 1. The standard InChI is InChI=1S/C13H28N2OS/c1-11(2)7-14-8-12(16)9-15-5-6-17-13(3,4)10-15/h11-12,14,16H,5-10H2,1-4H3. The van der Waals surface area contributed by atoms with E-state index in [1.54, 1.807) is 0 Å². The van der Waals surface area contributed by atoms with Gasteiger partial charge in [0.05, 0.1) is 6.10 Å². The lowest BCUT2D eigenvalue weighted by molar-refractivity contribution is 0.108. The minimum atomic E-state index is -0.243. The first-order chi connectivity index (χ1) is 7.89. The molecular weight excluding hydrogens is 232 g/mol. The van der Waals surface area contributed by atoms with Gasteiger partial charge in [0, 0.05) is 36.7 Å². The van der Waals surface area contributed by atoms with E-state index in [2.05, 4.69) is 37.9 Å². The van der Waals surface area contributed by atoms with E-state index in [9.17, 15) is 5.11 Å². The Kier molecular flexibility index (Phi) is 6.27. The van der Waals surface area contributed by atoms with Gasteiger partial charge in [-0.05, 0) is 26.3 Å². The molecule has 0 aromatic carbocycles. The molecule has 1 fully saturated rings. The van der Waals surface area contributed by atoms with Crippen LogP contribution < -0.4 is 5.32 Å². The lowest BCUT2D eigenvalue weighted by Crippen LogP contribution is -2.47. The Morgan fingerprint density at radius 3 is 2.65 bits per heavy atom. The van der Waals surface area contributed by atoms with Gasteiger partial charge in [0.15, 0.2) is 0 Å². The molecule has 3 nitrogen and oxygen atoms in total. The molecule has 1 rings (SSSR count). The van der Waals surface area contributed by atoms with Crippen LogP contribution in [0.25, 0.3) is 0 Å². The maximum Gasteiger partial charge on any atom is 0.0791 e. The summed E-state index contributed by atoms with van der Waals surface area (Å²) in [6.45, 7) is 13.6. The van der Waals surface area contributed by atoms with Gasteiger partial charge < -0.3 is 10.4 Å². The van der Waals surface area contributed by atoms with Crippen molar-refractivity contribution < 1.29 is 5.11 Å². The average molecular weight is 260 g/mol. The van der Waals surface area contributed by atoms with Crippen LogP contribution in [0.5, 0.6) is 0 Å². The molecule has 1 atom stereocenters. The maximum absolute atomic E-state index is 9.97. The molecule has 17 heavy (non-hydrogen) atoms. The summed E-state index contributed by atoms with van der Waals surface area (Å²) in [6.07, 6.45) is -0.243. The average Bonchev–Trinajstić information content (AvgIpc) is 2.14. The molecule has 0 spiro atoms. The van der Waals surface area contributed by atoms with Crippen molar-refractivity contribution in [1.82, 2.24) is 10.2 Å². The fraction of sp³-hybridized carbons (Fsp3) is 1.00. The second-order valence-corrected chi connectivity index (χ2v) is 7.85. The van der Waals surface area contributed by atoms with Gasteiger partial charge in [0.25, 0.3) is 0 Å². The normalized spacial score (nSPS) is 22.9. The minimum absolute atomic E-state index is 0.243. The Morgan fingerprint density at radius 2 is 2.06 bits per heavy atom. The van der Waals surface area contributed by atoms with Crippen LogP contribution in [0.3, 0.4) is 0 Å². The van der Waals surface area contributed by atoms with Gasteiger partial charge in [-0.3, -0.25) is 4.90 Å². The number of hydrogen-bond donors (Lipinski definition) is 2. The van der Waals surface area contributed by atoms with Crippen molar-refractivity contribution in [2.45, 2.75) is 38.5 Å². The SMILES string of the molecule is CC(C)CNCC(O)CN1CCSC(C)(C)C1. The molecule has 4 heteroatoms. The number of β-amino-alcohol motifs (C(OH)–C–C–N with tert-alkyl or cyclic N) is 1. The summed E-state index contributed by atoms with van der Waals surface area (Å²) >= 11 is 2.03. The van der Waals surface area contributed by atoms with Crippen molar-refractivity contribution in [3.63, 3.8) is 0 Å². The van der Waals surface area contributed by atoms with E-state index < -0.39 is 0 Å². The van der Waals surface area contributed by atoms with E-state index in [4.69, 9.17) is 0 Å². The van der Waals surface area contributed by atoms with Gasteiger partial charge in [-0.2, -0.15) is 11.8 Å². The lowest BCUT2D eigenvalue weighted by Gasteiger charge is -2.38. The van der Waals surface area contributed by atoms with Crippen LogP contribution in [0, 0.1) is 5.92 Å². The fourth-order valence-electron chi connectivity index (χ4n) is 2.17. The second-order valence-electron chi connectivity index (χ2n) is 6.05. The van der Waals surface area contributed by atoms with Crippen molar-refractivity contribution in [3.05, 3.63) is 0 Å². The molecule has 1 heterocycles. The first-order valence-corrected chi connectivity index (χ1v) is 7.63. The van der Waals surface area contributed by atoms with Crippen LogP contribution >= 0.6 is 11.8 Å².